The van der Waals surface area contributed by atoms with Crippen molar-refractivity contribution in [2.45, 2.75) is 26.4 Å². The third-order valence-corrected chi connectivity index (χ3v) is 4.69. The average molecular weight is 426 g/mol. The second kappa shape index (κ2) is 9.30. The van der Waals surface area contributed by atoms with Gasteiger partial charge in [-0.15, -0.1) is 0 Å². The maximum atomic E-state index is 13.9. The van der Waals surface area contributed by atoms with Crippen molar-refractivity contribution in [3.63, 3.8) is 0 Å². The zero-order valence-corrected chi connectivity index (χ0v) is 16.9. The SMILES string of the molecule is CCOC(=O)C1=C(C)OC(N)=C(C#N)C1c1cccc(OCc2cc(F)ccc2F)c1. The van der Waals surface area contributed by atoms with E-state index in [1.165, 1.54) is 0 Å². The molecular weight excluding hydrogens is 406 g/mol. The lowest BCUT2D eigenvalue weighted by Gasteiger charge is -2.27. The molecular formula is C23H20F2N2O4. The van der Waals surface area contributed by atoms with Crippen molar-refractivity contribution in [1.82, 2.24) is 0 Å². The normalized spacial score (nSPS) is 15.9. The van der Waals surface area contributed by atoms with Crippen LogP contribution < -0.4 is 10.5 Å². The van der Waals surface area contributed by atoms with E-state index in [-0.39, 0.29) is 41.6 Å². The third kappa shape index (κ3) is 4.67. The summed E-state index contributed by atoms with van der Waals surface area (Å²) in [4.78, 5) is 12.6. The Bertz CT molecular complexity index is 1120. The predicted octanol–water partition coefficient (Wildman–Crippen LogP) is 4.19. The quantitative estimate of drug-likeness (QED) is 0.696. The summed E-state index contributed by atoms with van der Waals surface area (Å²) >= 11 is 0. The van der Waals surface area contributed by atoms with Crippen molar-refractivity contribution in [2.75, 3.05) is 6.61 Å². The van der Waals surface area contributed by atoms with Crippen molar-refractivity contribution < 1.29 is 27.8 Å². The number of ether oxygens (including phenoxy) is 3. The van der Waals surface area contributed by atoms with Crippen molar-refractivity contribution in [3.05, 3.63) is 88.0 Å². The number of hydrogen-bond acceptors (Lipinski definition) is 6. The van der Waals surface area contributed by atoms with Gasteiger partial charge in [0.05, 0.1) is 18.1 Å². The Hall–Kier alpha value is -3.86. The molecule has 2 aromatic rings. The number of carbonyl (C=O) groups is 1. The molecule has 160 valence electrons. The highest BCUT2D eigenvalue weighted by Gasteiger charge is 2.36. The van der Waals surface area contributed by atoms with E-state index in [1.54, 1.807) is 38.1 Å². The Morgan fingerprint density at radius 3 is 2.74 bits per heavy atom. The molecule has 0 saturated heterocycles. The summed E-state index contributed by atoms with van der Waals surface area (Å²) in [6.45, 7) is 3.17. The summed E-state index contributed by atoms with van der Waals surface area (Å²) in [7, 11) is 0. The number of rotatable bonds is 6. The molecule has 6 nitrogen and oxygen atoms in total. The Morgan fingerprint density at radius 2 is 2.03 bits per heavy atom. The number of nitrogens with two attached hydrogens (primary N) is 1. The highest BCUT2D eigenvalue weighted by atomic mass is 19.1. The predicted molar refractivity (Wildman–Crippen MR) is 107 cm³/mol. The number of nitrogens with zero attached hydrogens (tertiary/aromatic N) is 1. The van der Waals surface area contributed by atoms with Crippen LogP contribution in [-0.4, -0.2) is 12.6 Å². The number of esters is 1. The van der Waals surface area contributed by atoms with E-state index in [9.17, 15) is 18.8 Å². The fraction of sp³-hybridized carbons (Fsp3) is 0.217. The van der Waals surface area contributed by atoms with Gasteiger partial charge in [0.25, 0.3) is 0 Å². The third-order valence-electron chi connectivity index (χ3n) is 4.69. The lowest BCUT2D eigenvalue weighted by atomic mass is 9.83. The van der Waals surface area contributed by atoms with Crippen LogP contribution in [0, 0.1) is 23.0 Å². The van der Waals surface area contributed by atoms with Crippen LogP contribution in [0.3, 0.4) is 0 Å². The van der Waals surface area contributed by atoms with Crippen LogP contribution in [0.2, 0.25) is 0 Å². The molecule has 1 aliphatic heterocycles. The fourth-order valence-corrected chi connectivity index (χ4v) is 3.29. The standard InChI is InChI=1S/C23H20F2N2O4/c1-3-29-23(28)20-13(2)31-22(27)18(11-26)21(20)14-5-4-6-17(10-14)30-12-15-9-16(24)7-8-19(15)25/h4-10,21H,3,12,27H2,1-2H3. The molecule has 8 heteroatoms. The van der Waals surface area contributed by atoms with Gasteiger partial charge in [0.15, 0.2) is 0 Å². The molecule has 1 atom stereocenters. The Kier molecular flexibility index (Phi) is 6.55. The van der Waals surface area contributed by atoms with E-state index in [2.05, 4.69) is 0 Å². The smallest absolute Gasteiger partial charge is 0.338 e. The minimum atomic E-state index is -0.827. The Balaban J connectivity index is 1.96. The van der Waals surface area contributed by atoms with Gasteiger partial charge >= 0.3 is 5.97 Å². The second-order valence-electron chi connectivity index (χ2n) is 6.71. The second-order valence-corrected chi connectivity index (χ2v) is 6.71. The van der Waals surface area contributed by atoms with Crippen LogP contribution in [0.25, 0.3) is 0 Å². The van der Waals surface area contributed by atoms with Gasteiger partial charge in [-0.05, 0) is 49.7 Å². The summed E-state index contributed by atoms with van der Waals surface area (Å²) in [5, 5.41) is 9.64. The van der Waals surface area contributed by atoms with Crippen LogP contribution in [0.15, 0.2) is 65.3 Å². The molecule has 31 heavy (non-hydrogen) atoms. The van der Waals surface area contributed by atoms with Crippen molar-refractivity contribution >= 4 is 5.97 Å². The van der Waals surface area contributed by atoms with Gasteiger partial charge in [-0.3, -0.25) is 0 Å². The average Bonchev–Trinajstić information content (AvgIpc) is 2.74. The van der Waals surface area contributed by atoms with Crippen LogP contribution in [0.5, 0.6) is 5.75 Å². The number of carbonyl (C=O) groups excluding carboxylic acids is 1. The molecule has 3 rings (SSSR count). The van der Waals surface area contributed by atoms with Crippen molar-refractivity contribution in [3.8, 4) is 11.8 Å². The highest BCUT2D eigenvalue weighted by molar-refractivity contribution is 5.92. The number of hydrogen-bond donors (Lipinski definition) is 1. The van der Waals surface area contributed by atoms with E-state index in [1.807, 2.05) is 6.07 Å². The molecule has 0 fully saturated rings. The first-order chi connectivity index (χ1) is 14.8. The summed E-state index contributed by atoms with van der Waals surface area (Å²) in [6.07, 6.45) is 0. The van der Waals surface area contributed by atoms with Crippen LogP contribution in [-0.2, 0) is 20.9 Å². The maximum absolute atomic E-state index is 13.9. The van der Waals surface area contributed by atoms with Gasteiger partial charge in [0.1, 0.15) is 41.4 Å². The van der Waals surface area contributed by atoms with Crippen molar-refractivity contribution in [1.29, 1.82) is 5.26 Å². The first-order valence-electron chi connectivity index (χ1n) is 9.47. The largest absolute Gasteiger partial charge is 0.489 e. The van der Waals surface area contributed by atoms with Gasteiger partial charge in [-0.1, -0.05) is 12.1 Å². The number of benzene rings is 2. The topological polar surface area (TPSA) is 94.6 Å². The van der Waals surface area contributed by atoms with E-state index in [0.29, 0.717) is 11.3 Å². The Morgan fingerprint density at radius 1 is 1.26 bits per heavy atom. The van der Waals surface area contributed by atoms with Gasteiger partial charge in [-0.2, -0.15) is 5.26 Å². The van der Waals surface area contributed by atoms with E-state index in [4.69, 9.17) is 19.9 Å². The summed E-state index contributed by atoms with van der Waals surface area (Å²) in [5.74, 6) is -2.16. The lowest BCUT2D eigenvalue weighted by Crippen LogP contribution is -2.25. The monoisotopic (exact) mass is 426 g/mol. The molecule has 0 saturated carbocycles. The first-order valence-corrected chi connectivity index (χ1v) is 9.47. The zero-order valence-electron chi connectivity index (χ0n) is 16.9. The minimum Gasteiger partial charge on any atom is -0.489 e. The number of nitriles is 1. The molecule has 0 aliphatic carbocycles. The van der Waals surface area contributed by atoms with Crippen LogP contribution >= 0.6 is 0 Å². The summed E-state index contributed by atoms with van der Waals surface area (Å²) in [6, 6.07) is 11.7. The minimum absolute atomic E-state index is 0.0567. The number of halogens is 2. The van der Waals surface area contributed by atoms with E-state index < -0.39 is 23.5 Å². The van der Waals surface area contributed by atoms with E-state index >= 15 is 0 Å². The van der Waals surface area contributed by atoms with Gasteiger partial charge in [0.2, 0.25) is 5.88 Å². The molecule has 0 aromatic heterocycles. The molecule has 0 radical (unpaired) electrons. The maximum Gasteiger partial charge on any atom is 0.338 e. The Labute approximate surface area is 178 Å². The van der Waals surface area contributed by atoms with Gasteiger partial charge in [-0.25, -0.2) is 13.6 Å². The lowest BCUT2D eigenvalue weighted by molar-refractivity contribution is -0.139. The van der Waals surface area contributed by atoms with Gasteiger partial charge in [0, 0.05) is 5.56 Å². The molecule has 1 unspecified atom stereocenters. The molecule has 2 aromatic carbocycles. The molecule has 2 N–H and O–H groups in total. The van der Waals surface area contributed by atoms with Crippen molar-refractivity contribution in [2.24, 2.45) is 5.73 Å². The van der Waals surface area contributed by atoms with Gasteiger partial charge < -0.3 is 19.9 Å². The molecule has 0 amide bonds. The van der Waals surface area contributed by atoms with E-state index in [0.717, 1.165) is 18.2 Å². The molecule has 0 spiro atoms. The molecule has 1 heterocycles. The van der Waals surface area contributed by atoms with Crippen LogP contribution in [0.1, 0.15) is 30.9 Å². The molecule has 1 aliphatic rings. The van der Waals surface area contributed by atoms with Crippen LogP contribution in [0.4, 0.5) is 8.78 Å². The fourth-order valence-electron chi connectivity index (χ4n) is 3.29. The number of allylic oxidation sites excluding steroid dienone is 2. The summed E-state index contributed by atoms with van der Waals surface area (Å²) < 4.78 is 43.4. The molecule has 0 bridgehead atoms. The zero-order chi connectivity index (χ0) is 22.5. The highest BCUT2D eigenvalue weighted by Crippen LogP contribution is 2.40. The first kappa shape index (κ1) is 21.8. The summed E-state index contributed by atoms with van der Waals surface area (Å²) in [5.41, 5.74) is 6.69.